The number of thiol groups is 1. The Bertz CT molecular complexity index is 337. The summed E-state index contributed by atoms with van der Waals surface area (Å²) in [6, 6.07) is 2.24. The molecule has 70 valence electrons. The zero-order valence-corrected chi connectivity index (χ0v) is 9.08. The first-order valence-corrected chi connectivity index (χ1v) is 4.99. The summed E-state index contributed by atoms with van der Waals surface area (Å²) in [7, 11) is 0. The molecule has 1 aromatic rings. The first kappa shape index (κ1) is 10.7. The van der Waals surface area contributed by atoms with E-state index in [0.29, 0.717) is 5.75 Å². The van der Waals surface area contributed by atoms with Gasteiger partial charge < -0.3 is 0 Å². The first-order chi connectivity index (χ1) is 6.15. The van der Waals surface area contributed by atoms with Gasteiger partial charge in [0.25, 0.3) is 0 Å². The maximum atomic E-state index is 13.1. The van der Waals surface area contributed by atoms with Crippen LogP contribution >= 0.6 is 28.6 Å². The van der Waals surface area contributed by atoms with E-state index in [1.165, 1.54) is 6.08 Å². The number of rotatable bonds is 2. The normalized spacial score (nSPS) is 11.1. The highest BCUT2D eigenvalue weighted by atomic mass is 79.9. The molecule has 0 saturated carbocycles. The molecule has 0 spiro atoms. The molecule has 4 heteroatoms. The minimum Gasteiger partial charge on any atom is -0.206 e. The molecule has 0 aliphatic rings. The monoisotopic (exact) mass is 264 g/mol. The zero-order valence-electron chi connectivity index (χ0n) is 6.60. The molecular formula is C9H7BrF2S. The molecule has 1 aromatic carbocycles. The van der Waals surface area contributed by atoms with Crippen LogP contribution in [0.3, 0.4) is 0 Å². The van der Waals surface area contributed by atoms with Crippen LogP contribution in [-0.4, -0.2) is 5.75 Å². The quantitative estimate of drug-likeness (QED) is 0.612. The zero-order chi connectivity index (χ0) is 9.84. The van der Waals surface area contributed by atoms with Crippen molar-refractivity contribution in [3.8, 4) is 0 Å². The van der Waals surface area contributed by atoms with Crippen LogP contribution in [0.1, 0.15) is 5.56 Å². The van der Waals surface area contributed by atoms with Crippen LogP contribution in [0.2, 0.25) is 0 Å². The Morgan fingerprint density at radius 2 is 2.00 bits per heavy atom. The molecule has 0 bridgehead atoms. The summed E-state index contributed by atoms with van der Waals surface area (Å²) >= 11 is 6.81. The van der Waals surface area contributed by atoms with Gasteiger partial charge in [-0.15, -0.1) is 0 Å². The van der Waals surface area contributed by atoms with Gasteiger partial charge in [0, 0.05) is 11.3 Å². The van der Waals surface area contributed by atoms with Gasteiger partial charge in [-0.25, -0.2) is 8.78 Å². The molecule has 0 N–H and O–H groups in total. The van der Waals surface area contributed by atoms with Gasteiger partial charge in [-0.1, -0.05) is 12.2 Å². The van der Waals surface area contributed by atoms with Crippen molar-refractivity contribution in [3.63, 3.8) is 0 Å². The van der Waals surface area contributed by atoms with E-state index in [0.717, 1.165) is 12.1 Å². The molecule has 1 rings (SSSR count). The lowest BCUT2D eigenvalue weighted by molar-refractivity contribution is 0.592. The second kappa shape index (κ2) is 4.77. The molecule has 0 nitrogen and oxygen atoms in total. The van der Waals surface area contributed by atoms with Crippen LogP contribution in [0.15, 0.2) is 22.7 Å². The standard InChI is InChI=1S/C9H7BrF2S/c10-7-5-8(11)6(2-1-3-13)4-9(7)12/h1-2,4-5,13H,3H2. The van der Waals surface area contributed by atoms with E-state index in [4.69, 9.17) is 0 Å². The molecule has 0 unspecified atom stereocenters. The maximum Gasteiger partial charge on any atom is 0.138 e. The van der Waals surface area contributed by atoms with E-state index in [2.05, 4.69) is 28.6 Å². The van der Waals surface area contributed by atoms with Crippen molar-refractivity contribution in [2.45, 2.75) is 0 Å². The molecule has 0 saturated heterocycles. The van der Waals surface area contributed by atoms with Gasteiger partial charge in [0.05, 0.1) is 4.47 Å². The van der Waals surface area contributed by atoms with Crippen LogP contribution in [0.4, 0.5) is 8.78 Å². The van der Waals surface area contributed by atoms with Crippen molar-refractivity contribution in [1.82, 2.24) is 0 Å². The Morgan fingerprint density at radius 1 is 1.31 bits per heavy atom. The average Bonchev–Trinajstić information content (AvgIpc) is 2.09. The third-order valence-corrected chi connectivity index (χ3v) is 2.26. The van der Waals surface area contributed by atoms with Crippen LogP contribution < -0.4 is 0 Å². The fraction of sp³-hybridized carbons (Fsp3) is 0.111. The Balaban J connectivity index is 3.08. The number of hydrogen-bond donors (Lipinski definition) is 1. The van der Waals surface area contributed by atoms with Gasteiger partial charge in [-0.3, -0.25) is 0 Å². The number of halogens is 3. The maximum absolute atomic E-state index is 13.1. The molecule has 0 heterocycles. The van der Waals surface area contributed by atoms with Gasteiger partial charge in [-0.2, -0.15) is 12.6 Å². The molecule has 0 fully saturated rings. The minimum absolute atomic E-state index is 0.132. The Labute approximate surface area is 89.2 Å². The average molecular weight is 265 g/mol. The summed E-state index contributed by atoms with van der Waals surface area (Å²) in [5, 5.41) is 0. The van der Waals surface area contributed by atoms with E-state index in [1.54, 1.807) is 6.08 Å². The summed E-state index contributed by atoms with van der Waals surface area (Å²) in [5.41, 5.74) is 0.231. The highest BCUT2D eigenvalue weighted by Gasteiger charge is 2.04. The number of hydrogen-bond acceptors (Lipinski definition) is 1. The van der Waals surface area contributed by atoms with E-state index in [-0.39, 0.29) is 10.0 Å². The highest BCUT2D eigenvalue weighted by molar-refractivity contribution is 9.10. The van der Waals surface area contributed by atoms with Gasteiger partial charge in [-0.05, 0) is 28.1 Å². The lowest BCUT2D eigenvalue weighted by Gasteiger charge is -1.99. The topological polar surface area (TPSA) is 0 Å². The molecule has 13 heavy (non-hydrogen) atoms. The molecule has 0 radical (unpaired) electrons. The third-order valence-electron chi connectivity index (χ3n) is 1.44. The van der Waals surface area contributed by atoms with Crippen molar-refractivity contribution >= 4 is 34.6 Å². The Kier molecular flexibility index (Phi) is 3.93. The molecular weight excluding hydrogens is 258 g/mol. The molecule has 0 aromatic heterocycles. The fourth-order valence-corrected chi connectivity index (χ4v) is 1.27. The van der Waals surface area contributed by atoms with Crippen molar-refractivity contribution in [2.75, 3.05) is 5.75 Å². The second-order valence-corrected chi connectivity index (χ2v) is 3.59. The molecule has 0 aliphatic heterocycles. The van der Waals surface area contributed by atoms with Gasteiger partial charge in [0.1, 0.15) is 11.6 Å². The van der Waals surface area contributed by atoms with Crippen molar-refractivity contribution < 1.29 is 8.78 Å². The molecule has 0 amide bonds. The highest BCUT2D eigenvalue weighted by Crippen LogP contribution is 2.20. The summed E-state index contributed by atoms with van der Waals surface area (Å²) in [4.78, 5) is 0. The predicted molar refractivity (Wildman–Crippen MR) is 56.9 cm³/mol. The summed E-state index contributed by atoms with van der Waals surface area (Å²) in [5.74, 6) is -0.427. The lowest BCUT2D eigenvalue weighted by atomic mass is 10.2. The SMILES string of the molecule is Fc1cc(C=CCS)c(F)cc1Br. The minimum atomic E-state index is -0.472. The van der Waals surface area contributed by atoms with Gasteiger partial charge >= 0.3 is 0 Å². The van der Waals surface area contributed by atoms with Gasteiger partial charge in [0.15, 0.2) is 0 Å². The van der Waals surface area contributed by atoms with Crippen molar-refractivity contribution in [2.24, 2.45) is 0 Å². The van der Waals surface area contributed by atoms with Crippen LogP contribution in [0.25, 0.3) is 6.08 Å². The van der Waals surface area contributed by atoms with Crippen LogP contribution in [0.5, 0.6) is 0 Å². The Hall–Kier alpha value is -0.350. The lowest BCUT2D eigenvalue weighted by Crippen LogP contribution is -1.86. The predicted octanol–water partition coefficient (Wildman–Crippen LogP) is 3.67. The van der Waals surface area contributed by atoms with E-state index < -0.39 is 11.6 Å². The van der Waals surface area contributed by atoms with Crippen molar-refractivity contribution in [3.05, 3.63) is 39.9 Å². The van der Waals surface area contributed by atoms with E-state index in [1.807, 2.05) is 0 Å². The summed E-state index contributed by atoms with van der Waals surface area (Å²) < 4.78 is 26.1. The van der Waals surface area contributed by atoms with E-state index in [9.17, 15) is 8.78 Å². The third kappa shape index (κ3) is 2.81. The second-order valence-electron chi connectivity index (χ2n) is 2.37. The van der Waals surface area contributed by atoms with E-state index >= 15 is 0 Å². The smallest absolute Gasteiger partial charge is 0.138 e. The van der Waals surface area contributed by atoms with Gasteiger partial charge in [0.2, 0.25) is 0 Å². The van der Waals surface area contributed by atoms with Crippen LogP contribution in [0, 0.1) is 11.6 Å². The first-order valence-electron chi connectivity index (χ1n) is 3.57. The Morgan fingerprint density at radius 3 is 2.62 bits per heavy atom. The molecule has 0 atom stereocenters. The summed E-state index contributed by atoms with van der Waals surface area (Å²) in [6.45, 7) is 0. The summed E-state index contributed by atoms with van der Waals surface area (Å²) in [6.07, 6.45) is 3.15. The van der Waals surface area contributed by atoms with Crippen molar-refractivity contribution in [1.29, 1.82) is 0 Å². The molecule has 0 aliphatic carbocycles. The fourth-order valence-electron chi connectivity index (χ4n) is 0.845. The number of benzene rings is 1. The van der Waals surface area contributed by atoms with Crippen LogP contribution in [-0.2, 0) is 0 Å². The largest absolute Gasteiger partial charge is 0.206 e.